The summed E-state index contributed by atoms with van der Waals surface area (Å²) in [5.41, 5.74) is 0.353. The van der Waals surface area contributed by atoms with Gasteiger partial charge in [-0.05, 0) is 44.0 Å². The van der Waals surface area contributed by atoms with Gasteiger partial charge in [-0.2, -0.15) is 0 Å². The van der Waals surface area contributed by atoms with Crippen molar-refractivity contribution in [3.05, 3.63) is 54.5 Å². The lowest BCUT2D eigenvalue weighted by molar-refractivity contribution is -0.385. The molecule has 0 aliphatic rings. The van der Waals surface area contributed by atoms with Crippen LogP contribution in [0.1, 0.15) is 0 Å². The third-order valence-electron chi connectivity index (χ3n) is 2.55. The topological polar surface area (TPSA) is 85.1 Å². The molecule has 1 aromatic carbocycles. The number of nitrogens with zero attached hydrogens (tertiary/aromatic N) is 2. The lowest BCUT2D eigenvalue weighted by atomic mass is 10.3. The van der Waals surface area contributed by atoms with Crippen molar-refractivity contribution in [1.29, 1.82) is 0 Å². The number of hydrogen-bond donors (Lipinski definition) is 1. The number of pyridine rings is 1. The molecule has 6 nitrogen and oxygen atoms in total. The lowest BCUT2D eigenvalue weighted by Crippen LogP contribution is -2.15. The summed E-state index contributed by atoms with van der Waals surface area (Å²) in [7, 11) is 0. The zero-order chi connectivity index (χ0) is 17.0. The van der Waals surface area contributed by atoms with Crippen LogP contribution in [0, 0.1) is 10.1 Å². The first-order valence-corrected chi connectivity index (χ1v) is 8.99. The highest BCUT2D eigenvalue weighted by atomic mass is 79.9. The Morgan fingerprint density at radius 2 is 2.00 bits per heavy atom. The molecule has 1 N–H and O–H groups in total. The van der Waals surface area contributed by atoms with Crippen LogP contribution < -0.4 is 5.32 Å². The van der Waals surface area contributed by atoms with E-state index in [1.54, 1.807) is 12.1 Å². The van der Waals surface area contributed by atoms with E-state index in [9.17, 15) is 14.9 Å². The molecule has 0 bridgehead atoms. The molecule has 120 valence electrons. The van der Waals surface area contributed by atoms with Gasteiger partial charge in [-0.3, -0.25) is 14.9 Å². The summed E-state index contributed by atoms with van der Waals surface area (Å²) in [6.45, 7) is 0. The number of amides is 1. The summed E-state index contributed by atoms with van der Waals surface area (Å²) in [4.78, 5) is 26.4. The van der Waals surface area contributed by atoms with Gasteiger partial charge in [0.15, 0.2) is 0 Å². The minimum absolute atomic E-state index is 0.0820. The van der Waals surface area contributed by atoms with Gasteiger partial charge in [-0.25, -0.2) is 4.98 Å². The maximum absolute atomic E-state index is 12.0. The number of carbonyl (C=O) groups excluding carboxylic acids is 1. The Morgan fingerprint density at radius 1 is 1.35 bits per heavy atom. The summed E-state index contributed by atoms with van der Waals surface area (Å²) < 4.78 is 0.836. The van der Waals surface area contributed by atoms with Crippen LogP contribution in [0.5, 0.6) is 0 Å². The molecule has 0 unspecified atom stereocenters. The molecule has 0 atom stereocenters. The van der Waals surface area contributed by atoms with Gasteiger partial charge in [0.1, 0.15) is 0 Å². The SMILES string of the molecule is O=C(CSc1ccc(Cl)cn1)Nc1c(Br)cc([N+](=O)[O-])cc1Br. The van der Waals surface area contributed by atoms with E-state index in [0.29, 0.717) is 24.7 Å². The second kappa shape index (κ2) is 8.09. The minimum Gasteiger partial charge on any atom is -0.323 e. The number of nitro groups is 1. The van der Waals surface area contributed by atoms with Gasteiger partial charge in [0, 0.05) is 27.3 Å². The van der Waals surface area contributed by atoms with Crippen molar-refractivity contribution in [1.82, 2.24) is 4.98 Å². The van der Waals surface area contributed by atoms with Crippen molar-refractivity contribution in [3.63, 3.8) is 0 Å². The third kappa shape index (κ3) is 5.17. The fourth-order valence-corrected chi connectivity index (χ4v) is 3.66. The smallest absolute Gasteiger partial charge is 0.271 e. The number of anilines is 1. The molecule has 1 aromatic heterocycles. The molecule has 0 saturated heterocycles. The number of non-ortho nitro benzene ring substituents is 1. The van der Waals surface area contributed by atoms with Crippen molar-refractivity contribution in [2.45, 2.75) is 5.03 Å². The van der Waals surface area contributed by atoms with Gasteiger partial charge in [-0.1, -0.05) is 23.4 Å². The van der Waals surface area contributed by atoms with E-state index >= 15 is 0 Å². The molecular weight excluding hydrogens is 473 g/mol. The third-order valence-corrected chi connectivity index (χ3v) is 4.97. The van der Waals surface area contributed by atoms with E-state index in [2.05, 4.69) is 42.2 Å². The highest BCUT2D eigenvalue weighted by molar-refractivity contribution is 9.11. The van der Waals surface area contributed by atoms with Crippen molar-refractivity contribution in [2.24, 2.45) is 0 Å². The maximum atomic E-state index is 12.0. The van der Waals surface area contributed by atoms with Gasteiger partial charge >= 0.3 is 0 Å². The summed E-state index contributed by atoms with van der Waals surface area (Å²) in [6, 6.07) is 6.07. The van der Waals surface area contributed by atoms with Crippen molar-refractivity contribution < 1.29 is 9.72 Å². The molecule has 2 aromatic rings. The largest absolute Gasteiger partial charge is 0.323 e. The van der Waals surface area contributed by atoms with Crippen LogP contribution >= 0.6 is 55.2 Å². The summed E-state index contributed by atoms with van der Waals surface area (Å²) in [5.74, 6) is -0.119. The van der Waals surface area contributed by atoms with E-state index in [0.717, 1.165) is 0 Å². The first-order valence-electron chi connectivity index (χ1n) is 6.04. The second-order valence-corrected chi connectivity index (χ2v) is 7.33. The van der Waals surface area contributed by atoms with Crippen LogP contribution in [0.4, 0.5) is 11.4 Å². The molecule has 0 aliphatic carbocycles. The monoisotopic (exact) mass is 479 g/mol. The number of nitrogens with one attached hydrogen (secondary N) is 1. The fourth-order valence-electron chi connectivity index (χ4n) is 1.55. The fraction of sp³-hybridized carbons (Fsp3) is 0.0769. The maximum Gasteiger partial charge on any atom is 0.271 e. The quantitative estimate of drug-likeness (QED) is 0.373. The van der Waals surface area contributed by atoms with Crippen LogP contribution in [0.2, 0.25) is 5.02 Å². The Morgan fingerprint density at radius 3 is 2.52 bits per heavy atom. The predicted molar refractivity (Wildman–Crippen MR) is 97.1 cm³/mol. The van der Waals surface area contributed by atoms with Gasteiger partial charge in [0.05, 0.1) is 26.4 Å². The van der Waals surface area contributed by atoms with E-state index < -0.39 is 4.92 Å². The highest BCUT2D eigenvalue weighted by Gasteiger charge is 2.16. The van der Waals surface area contributed by atoms with Gasteiger partial charge in [0.2, 0.25) is 5.91 Å². The van der Waals surface area contributed by atoms with Crippen molar-refractivity contribution >= 4 is 72.5 Å². The van der Waals surface area contributed by atoms with E-state index in [1.807, 2.05) is 0 Å². The average molecular weight is 482 g/mol. The summed E-state index contributed by atoms with van der Waals surface area (Å²) in [6.07, 6.45) is 1.51. The molecular formula is C13H8Br2ClN3O3S. The van der Waals surface area contributed by atoms with Crippen LogP contribution in [-0.2, 0) is 4.79 Å². The van der Waals surface area contributed by atoms with E-state index in [1.165, 1.54) is 30.1 Å². The molecule has 0 radical (unpaired) electrons. The molecule has 2 rings (SSSR count). The Hall–Kier alpha value is -1.16. The highest BCUT2D eigenvalue weighted by Crippen LogP contribution is 2.35. The van der Waals surface area contributed by atoms with Gasteiger partial charge < -0.3 is 5.32 Å². The Balaban J connectivity index is 2.02. The number of halogens is 3. The number of hydrogen-bond acceptors (Lipinski definition) is 5. The van der Waals surface area contributed by atoms with Crippen LogP contribution in [0.15, 0.2) is 44.4 Å². The Bertz CT molecular complexity index is 736. The molecule has 0 spiro atoms. The second-order valence-electron chi connectivity index (χ2n) is 4.19. The molecule has 0 saturated carbocycles. The molecule has 1 amide bonds. The Labute approximate surface area is 157 Å². The number of thioether (sulfide) groups is 1. The molecule has 10 heteroatoms. The molecule has 0 aliphatic heterocycles. The Kier molecular flexibility index (Phi) is 6.40. The minimum atomic E-state index is -0.511. The first-order chi connectivity index (χ1) is 10.9. The zero-order valence-electron chi connectivity index (χ0n) is 11.3. The van der Waals surface area contributed by atoms with Crippen molar-refractivity contribution in [3.8, 4) is 0 Å². The zero-order valence-corrected chi connectivity index (χ0v) is 16.0. The van der Waals surface area contributed by atoms with Gasteiger partial charge in [0.25, 0.3) is 5.69 Å². The summed E-state index contributed by atoms with van der Waals surface area (Å²) >= 11 is 13.4. The summed E-state index contributed by atoms with van der Waals surface area (Å²) in [5, 5.41) is 14.7. The normalized spacial score (nSPS) is 10.4. The van der Waals surface area contributed by atoms with Gasteiger partial charge in [-0.15, -0.1) is 0 Å². The van der Waals surface area contributed by atoms with Crippen LogP contribution in [-0.4, -0.2) is 21.6 Å². The number of carbonyl (C=O) groups is 1. The molecule has 23 heavy (non-hydrogen) atoms. The number of nitro benzene ring substituents is 1. The standard InChI is InChI=1S/C13H8Br2ClN3O3S/c14-9-3-8(19(21)22)4-10(15)13(9)18-11(20)6-23-12-2-1-7(16)5-17-12/h1-5H,6H2,(H,18,20). The van der Waals surface area contributed by atoms with E-state index in [-0.39, 0.29) is 17.3 Å². The molecule has 1 heterocycles. The number of rotatable bonds is 5. The molecule has 0 fully saturated rings. The number of benzene rings is 1. The van der Waals surface area contributed by atoms with Crippen LogP contribution in [0.3, 0.4) is 0 Å². The average Bonchev–Trinajstić information content (AvgIpc) is 2.50. The first kappa shape index (κ1) is 18.2. The van der Waals surface area contributed by atoms with Crippen LogP contribution in [0.25, 0.3) is 0 Å². The van der Waals surface area contributed by atoms with E-state index in [4.69, 9.17) is 11.6 Å². The number of aromatic nitrogens is 1. The predicted octanol–water partition coefficient (Wildman–Crippen LogP) is 4.90. The lowest BCUT2D eigenvalue weighted by Gasteiger charge is -2.09. The van der Waals surface area contributed by atoms with Crippen molar-refractivity contribution in [2.75, 3.05) is 11.1 Å².